The largest absolute Gasteiger partial charge is 0.372 e. The fourth-order valence-corrected chi connectivity index (χ4v) is 1.87. The first-order chi connectivity index (χ1) is 7.16. The lowest BCUT2D eigenvalue weighted by molar-refractivity contribution is -0.0543. The number of aromatic nitrogens is 2. The molecule has 1 aromatic heterocycles. The Balaban J connectivity index is 2.07. The van der Waals surface area contributed by atoms with E-state index in [1.54, 1.807) is 17.3 Å². The first-order valence-electron chi connectivity index (χ1n) is 5.09. The van der Waals surface area contributed by atoms with E-state index in [4.69, 9.17) is 4.74 Å². The molecule has 0 radical (unpaired) electrons. The van der Waals surface area contributed by atoms with Crippen molar-refractivity contribution in [3.05, 3.63) is 18.7 Å². The molecule has 2 atom stereocenters. The number of hydrogen-bond acceptors (Lipinski definition) is 3. The van der Waals surface area contributed by atoms with Crippen LogP contribution in [0.3, 0.4) is 0 Å². The van der Waals surface area contributed by atoms with Gasteiger partial charge < -0.3 is 9.64 Å². The van der Waals surface area contributed by atoms with Crippen molar-refractivity contribution in [2.45, 2.75) is 26.1 Å². The Kier molecular flexibility index (Phi) is 2.73. The van der Waals surface area contributed by atoms with Gasteiger partial charge in [0.15, 0.2) is 0 Å². The summed E-state index contributed by atoms with van der Waals surface area (Å²) in [6, 6.07) is -0.0329. The average molecular weight is 209 g/mol. The molecule has 5 nitrogen and oxygen atoms in total. The van der Waals surface area contributed by atoms with E-state index in [1.807, 2.05) is 13.8 Å². The van der Waals surface area contributed by atoms with Crippen LogP contribution in [0.1, 0.15) is 13.8 Å². The van der Waals surface area contributed by atoms with Gasteiger partial charge in [-0.15, -0.1) is 0 Å². The van der Waals surface area contributed by atoms with E-state index in [2.05, 4.69) is 4.98 Å². The normalized spacial score (nSPS) is 26.7. The number of morpholine rings is 1. The van der Waals surface area contributed by atoms with E-state index in [-0.39, 0.29) is 18.2 Å². The van der Waals surface area contributed by atoms with E-state index in [0.29, 0.717) is 13.1 Å². The smallest absolute Gasteiger partial charge is 0.329 e. The molecule has 1 fully saturated rings. The Bertz CT molecular complexity index is 326. The molecule has 1 saturated heterocycles. The molecule has 5 heteroatoms. The minimum absolute atomic E-state index is 0.0329. The van der Waals surface area contributed by atoms with Gasteiger partial charge in [-0.1, -0.05) is 0 Å². The predicted molar refractivity (Wildman–Crippen MR) is 54.6 cm³/mol. The monoisotopic (exact) mass is 209 g/mol. The molecule has 0 N–H and O–H groups in total. The number of carbonyl (C=O) groups is 1. The summed E-state index contributed by atoms with van der Waals surface area (Å²) < 4.78 is 7.06. The number of nitrogens with zero attached hydrogens (tertiary/aromatic N) is 3. The minimum atomic E-state index is -0.0329. The van der Waals surface area contributed by atoms with Gasteiger partial charge in [0.1, 0.15) is 6.33 Å². The summed E-state index contributed by atoms with van der Waals surface area (Å²) in [5.74, 6) is 0. The number of rotatable bonds is 0. The molecule has 1 aliphatic heterocycles. The van der Waals surface area contributed by atoms with Crippen LogP contribution in [-0.2, 0) is 4.74 Å². The third kappa shape index (κ3) is 2.18. The molecule has 2 unspecified atom stereocenters. The van der Waals surface area contributed by atoms with E-state index in [0.717, 1.165) is 0 Å². The molecule has 2 rings (SSSR count). The number of carbonyl (C=O) groups excluding carboxylic acids is 1. The van der Waals surface area contributed by atoms with Crippen molar-refractivity contribution >= 4 is 6.03 Å². The Hall–Kier alpha value is -1.36. The van der Waals surface area contributed by atoms with Gasteiger partial charge in [-0.05, 0) is 13.8 Å². The molecule has 0 spiro atoms. The number of imidazole rings is 1. The van der Waals surface area contributed by atoms with Gasteiger partial charge in [-0.3, -0.25) is 4.57 Å². The van der Waals surface area contributed by atoms with Gasteiger partial charge in [0, 0.05) is 25.5 Å². The molecule has 0 bridgehead atoms. The maximum absolute atomic E-state index is 11.9. The molecule has 0 aliphatic carbocycles. The van der Waals surface area contributed by atoms with Crippen LogP contribution >= 0.6 is 0 Å². The van der Waals surface area contributed by atoms with Gasteiger partial charge in [-0.2, -0.15) is 0 Å². The standard InChI is InChI=1S/C10H15N3O2/c1-8-5-13(6-9(2)15-8)10(14)12-4-3-11-7-12/h3-4,7-9H,5-6H2,1-2H3. The molecule has 0 aromatic carbocycles. The van der Waals surface area contributed by atoms with Gasteiger partial charge in [0.2, 0.25) is 0 Å². The summed E-state index contributed by atoms with van der Waals surface area (Å²) in [7, 11) is 0. The summed E-state index contributed by atoms with van der Waals surface area (Å²) >= 11 is 0. The van der Waals surface area contributed by atoms with Gasteiger partial charge in [0.25, 0.3) is 0 Å². The van der Waals surface area contributed by atoms with Gasteiger partial charge >= 0.3 is 6.03 Å². The van der Waals surface area contributed by atoms with Crippen molar-refractivity contribution in [1.29, 1.82) is 0 Å². The maximum Gasteiger partial charge on any atom is 0.329 e. The summed E-state index contributed by atoms with van der Waals surface area (Å²) in [5, 5.41) is 0. The third-order valence-electron chi connectivity index (χ3n) is 2.42. The molecule has 0 saturated carbocycles. The van der Waals surface area contributed by atoms with Crippen molar-refractivity contribution in [1.82, 2.24) is 14.5 Å². The highest BCUT2D eigenvalue weighted by Gasteiger charge is 2.26. The highest BCUT2D eigenvalue weighted by atomic mass is 16.5. The van der Waals surface area contributed by atoms with Crippen LogP contribution < -0.4 is 0 Å². The van der Waals surface area contributed by atoms with Crippen molar-refractivity contribution in [3.8, 4) is 0 Å². The minimum Gasteiger partial charge on any atom is -0.372 e. The fourth-order valence-electron chi connectivity index (χ4n) is 1.87. The molecule has 82 valence electrons. The zero-order chi connectivity index (χ0) is 10.8. The van der Waals surface area contributed by atoms with Crippen molar-refractivity contribution in [2.24, 2.45) is 0 Å². The van der Waals surface area contributed by atoms with Crippen LogP contribution in [0.5, 0.6) is 0 Å². The van der Waals surface area contributed by atoms with Crippen LogP contribution in [0.25, 0.3) is 0 Å². The summed E-state index contributed by atoms with van der Waals surface area (Å²) in [6.07, 6.45) is 4.98. The Morgan fingerprint density at radius 3 is 2.60 bits per heavy atom. The third-order valence-corrected chi connectivity index (χ3v) is 2.42. The first kappa shape index (κ1) is 10.2. The highest BCUT2D eigenvalue weighted by Crippen LogP contribution is 2.11. The van der Waals surface area contributed by atoms with Gasteiger partial charge in [-0.25, -0.2) is 9.78 Å². The van der Waals surface area contributed by atoms with Crippen LogP contribution in [0, 0.1) is 0 Å². The second-order valence-electron chi connectivity index (χ2n) is 3.91. The highest BCUT2D eigenvalue weighted by molar-refractivity contribution is 5.76. The predicted octanol–water partition coefficient (Wildman–Crippen LogP) is 0.960. The van der Waals surface area contributed by atoms with Crippen molar-refractivity contribution in [2.75, 3.05) is 13.1 Å². The average Bonchev–Trinajstić information content (AvgIpc) is 2.67. The molecule has 15 heavy (non-hydrogen) atoms. The molecular formula is C10H15N3O2. The Labute approximate surface area is 88.7 Å². The van der Waals surface area contributed by atoms with Crippen LogP contribution in [0.2, 0.25) is 0 Å². The second kappa shape index (κ2) is 4.02. The topological polar surface area (TPSA) is 47.4 Å². The van der Waals surface area contributed by atoms with Crippen LogP contribution in [0.15, 0.2) is 18.7 Å². The van der Waals surface area contributed by atoms with E-state index in [9.17, 15) is 4.79 Å². The summed E-state index contributed by atoms with van der Waals surface area (Å²) in [4.78, 5) is 17.6. The second-order valence-corrected chi connectivity index (χ2v) is 3.91. The van der Waals surface area contributed by atoms with E-state index < -0.39 is 0 Å². The van der Waals surface area contributed by atoms with Crippen molar-refractivity contribution in [3.63, 3.8) is 0 Å². The van der Waals surface area contributed by atoms with E-state index in [1.165, 1.54) is 10.9 Å². The van der Waals surface area contributed by atoms with Crippen molar-refractivity contribution < 1.29 is 9.53 Å². The maximum atomic E-state index is 11.9. The van der Waals surface area contributed by atoms with Crippen LogP contribution in [-0.4, -0.2) is 45.8 Å². The molecule has 1 aromatic rings. The first-order valence-corrected chi connectivity index (χ1v) is 5.09. The SMILES string of the molecule is CC1CN(C(=O)n2ccnc2)CC(C)O1. The molecule has 1 aliphatic rings. The lowest BCUT2D eigenvalue weighted by atomic mass is 10.2. The number of amides is 1. The molecule has 2 heterocycles. The zero-order valence-corrected chi connectivity index (χ0v) is 8.96. The quantitative estimate of drug-likeness (QED) is 0.639. The number of ether oxygens (including phenoxy) is 1. The Morgan fingerprint density at radius 1 is 1.40 bits per heavy atom. The van der Waals surface area contributed by atoms with E-state index >= 15 is 0 Å². The summed E-state index contributed by atoms with van der Waals surface area (Å²) in [5.41, 5.74) is 0. The zero-order valence-electron chi connectivity index (χ0n) is 8.96. The Morgan fingerprint density at radius 2 is 2.07 bits per heavy atom. The summed E-state index contributed by atoms with van der Waals surface area (Å²) in [6.45, 7) is 5.23. The fraction of sp³-hybridized carbons (Fsp3) is 0.600. The lowest BCUT2D eigenvalue weighted by Crippen LogP contribution is -2.49. The van der Waals surface area contributed by atoms with Crippen LogP contribution in [0.4, 0.5) is 4.79 Å². The molecule has 1 amide bonds. The number of hydrogen-bond donors (Lipinski definition) is 0. The van der Waals surface area contributed by atoms with Gasteiger partial charge in [0.05, 0.1) is 12.2 Å². The molecular weight excluding hydrogens is 194 g/mol. The lowest BCUT2D eigenvalue weighted by Gasteiger charge is -2.35.